The van der Waals surface area contributed by atoms with Gasteiger partial charge in [0.2, 0.25) is 0 Å². The zero-order chi connectivity index (χ0) is 12.3. The van der Waals surface area contributed by atoms with E-state index in [1.165, 1.54) is 16.7 Å². The van der Waals surface area contributed by atoms with Crippen LogP contribution in [0.5, 0.6) is 0 Å². The third-order valence-electron chi connectivity index (χ3n) is 2.92. The smallest absolute Gasteiger partial charge is 0.0608 e. The van der Waals surface area contributed by atoms with E-state index in [9.17, 15) is 0 Å². The lowest BCUT2D eigenvalue weighted by Gasteiger charge is -2.14. The fourth-order valence-electron chi connectivity index (χ4n) is 1.87. The van der Waals surface area contributed by atoms with Gasteiger partial charge in [0.25, 0.3) is 0 Å². The van der Waals surface area contributed by atoms with Gasteiger partial charge < -0.3 is 0 Å². The van der Waals surface area contributed by atoms with Crippen molar-refractivity contribution in [2.45, 2.75) is 19.2 Å². The van der Waals surface area contributed by atoms with Crippen LogP contribution in [0.4, 0.5) is 0 Å². The van der Waals surface area contributed by atoms with Crippen molar-refractivity contribution in [3.05, 3.63) is 60.2 Å². The van der Waals surface area contributed by atoms with Crippen LogP contribution >= 0.6 is 11.6 Å². The van der Waals surface area contributed by atoms with Gasteiger partial charge in [-0.15, -0.1) is 11.6 Å². The van der Waals surface area contributed by atoms with Crippen molar-refractivity contribution in [3.8, 4) is 11.1 Å². The van der Waals surface area contributed by atoms with Crippen LogP contribution in [0.2, 0.25) is 0 Å². The van der Waals surface area contributed by atoms with Crippen molar-refractivity contribution in [1.82, 2.24) is 0 Å². The monoisotopic (exact) mass is 244 g/mol. The summed E-state index contributed by atoms with van der Waals surface area (Å²) in [5, 5.41) is 0.0971. The summed E-state index contributed by atoms with van der Waals surface area (Å²) in [4.78, 5) is 0. The SMILES string of the molecule is CC(C)C(Cl)c1ccc(-c2ccccc2)cc1. The molecule has 1 heteroatoms. The zero-order valence-corrected chi connectivity index (χ0v) is 11.0. The molecule has 0 fully saturated rings. The molecule has 0 aliphatic heterocycles. The largest absolute Gasteiger partial charge is 0.118 e. The highest BCUT2D eigenvalue weighted by Crippen LogP contribution is 2.30. The normalized spacial score (nSPS) is 12.7. The molecule has 0 aliphatic rings. The molecule has 0 heterocycles. The van der Waals surface area contributed by atoms with Crippen LogP contribution in [0, 0.1) is 5.92 Å². The summed E-state index contributed by atoms with van der Waals surface area (Å²) in [6.45, 7) is 4.28. The Kier molecular flexibility index (Phi) is 3.86. The summed E-state index contributed by atoms with van der Waals surface area (Å²) < 4.78 is 0. The molecule has 0 aromatic heterocycles. The lowest BCUT2D eigenvalue weighted by Crippen LogP contribution is -1.98. The number of halogens is 1. The maximum absolute atomic E-state index is 6.34. The first-order valence-electron chi connectivity index (χ1n) is 5.98. The van der Waals surface area contributed by atoms with Crippen LogP contribution in [-0.2, 0) is 0 Å². The molecule has 2 aromatic rings. The Morgan fingerprint density at radius 1 is 0.765 bits per heavy atom. The second-order valence-corrected chi connectivity index (χ2v) is 5.10. The van der Waals surface area contributed by atoms with E-state index < -0.39 is 0 Å². The van der Waals surface area contributed by atoms with Crippen LogP contribution < -0.4 is 0 Å². The van der Waals surface area contributed by atoms with Gasteiger partial charge >= 0.3 is 0 Å². The molecule has 88 valence electrons. The minimum absolute atomic E-state index is 0.0971. The summed E-state index contributed by atoms with van der Waals surface area (Å²) in [7, 11) is 0. The molecule has 0 amide bonds. The molecular weight excluding hydrogens is 228 g/mol. The number of hydrogen-bond donors (Lipinski definition) is 0. The highest BCUT2D eigenvalue weighted by atomic mass is 35.5. The topological polar surface area (TPSA) is 0 Å². The van der Waals surface area contributed by atoms with Crippen LogP contribution in [0.15, 0.2) is 54.6 Å². The number of hydrogen-bond acceptors (Lipinski definition) is 0. The maximum atomic E-state index is 6.34. The molecule has 1 unspecified atom stereocenters. The average Bonchev–Trinajstić information content (AvgIpc) is 2.39. The quantitative estimate of drug-likeness (QED) is 0.644. The minimum Gasteiger partial charge on any atom is -0.118 e. The minimum atomic E-state index is 0.0971. The van der Waals surface area contributed by atoms with E-state index in [1.54, 1.807) is 0 Å². The Hall–Kier alpha value is -1.27. The van der Waals surface area contributed by atoms with Crippen LogP contribution in [0.25, 0.3) is 11.1 Å². The number of benzene rings is 2. The van der Waals surface area contributed by atoms with Crippen LogP contribution in [-0.4, -0.2) is 0 Å². The lowest BCUT2D eigenvalue weighted by molar-refractivity contribution is 0.624. The summed E-state index contributed by atoms with van der Waals surface area (Å²) in [6, 6.07) is 18.9. The number of rotatable bonds is 3. The summed E-state index contributed by atoms with van der Waals surface area (Å²) >= 11 is 6.34. The highest BCUT2D eigenvalue weighted by Gasteiger charge is 2.11. The first-order valence-corrected chi connectivity index (χ1v) is 6.41. The molecule has 17 heavy (non-hydrogen) atoms. The fourth-order valence-corrected chi connectivity index (χ4v) is 2.02. The van der Waals surface area contributed by atoms with E-state index in [1.807, 2.05) is 6.07 Å². The van der Waals surface area contributed by atoms with E-state index in [0.29, 0.717) is 5.92 Å². The fraction of sp³-hybridized carbons (Fsp3) is 0.250. The first-order chi connectivity index (χ1) is 8.18. The third kappa shape index (κ3) is 2.89. The van der Waals surface area contributed by atoms with Gasteiger partial charge in [-0.2, -0.15) is 0 Å². The molecule has 0 aliphatic carbocycles. The summed E-state index contributed by atoms with van der Waals surface area (Å²) in [5.74, 6) is 0.458. The van der Waals surface area contributed by atoms with Crippen molar-refractivity contribution < 1.29 is 0 Å². The lowest BCUT2D eigenvalue weighted by atomic mass is 9.99. The van der Waals surface area contributed by atoms with Gasteiger partial charge in [-0.1, -0.05) is 68.4 Å². The van der Waals surface area contributed by atoms with Gasteiger partial charge in [0, 0.05) is 0 Å². The predicted molar refractivity (Wildman–Crippen MR) is 75.3 cm³/mol. The van der Waals surface area contributed by atoms with E-state index in [0.717, 1.165) is 0 Å². The van der Waals surface area contributed by atoms with Crippen molar-refractivity contribution >= 4 is 11.6 Å². The molecule has 0 radical (unpaired) electrons. The molecule has 0 spiro atoms. The average molecular weight is 245 g/mol. The second-order valence-electron chi connectivity index (χ2n) is 4.63. The first kappa shape index (κ1) is 12.2. The summed E-state index contributed by atoms with van der Waals surface area (Å²) in [6.07, 6.45) is 0. The van der Waals surface area contributed by atoms with E-state index in [4.69, 9.17) is 11.6 Å². The maximum Gasteiger partial charge on any atom is 0.0608 e. The van der Waals surface area contributed by atoms with Gasteiger partial charge in [0.05, 0.1) is 5.38 Å². The third-order valence-corrected chi connectivity index (χ3v) is 3.68. The highest BCUT2D eigenvalue weighted by molar-refractivity contribution is 6.20. The van der Waals surface area contributed by atoms with Gasteiger partial charge in [-0.05, 0) is 22.6 Å². The molecule has 0 saturated heterocycles. The standard InChI is InChI=1S/C16H17Cl/c1-12(2)16(17)15-10-8-14(9-11-15)13-6-4-3-5-7-13/h3-12,16H,1-2H3. The van der Waals surface area contributed by atoms with Crippen molar-refractivity contribution in [1.29, 1.82) is 0 Å². The van der Waals surface area contributed by atoms with Gasteiger partial charge in [-0.3, -0.25) is 0 Å². The van der Waals surface area contributed by atoms with Crippen molar-refractivity contribution in [2.75, 3.05) is 0 Å². The molecule has 0 nitrogen and oxygen atoms in total. The molecule has 0 N–H and O–H groups in total. The Labute approximate surface area is 108 Å². The zero-order valence-electron chi connectivity index (χ0n) is 10.2. The van der Waals surface area contributed by atoms with Crippen LogP contribution in [0.1, 0.15) is 24.8 Å². The second kappa shape index (κ2) is 5.37. The summed E-state index contributed by atoms with van der Waals surface area (Å²) in [5.41, 5.74) is 3.68. The molecule has 2 rings (SSSR count). The van der Waals surface area contributed by atoms with Gasteiger partial charge in [0.1, 0.15) is 0 Å². The van der Waals surface area contributed by atoms with Crippen LogP contribution in [0.3, 0.4) is 0 Å². The Bertz CT molecular complexity index is 457. The Morgan fingerprint density at radius 2 is 1.29 bits per heavy atom. The van der Waals surface area contributed by atoms with Gasteiger partial charge in [-0.25, -0.2) is 0 Å². The van der Waals surface area contributed by atoms with E-state index >= 15 is 0 Å². The van der Waals surface area contributed by atoms with Crippen molar-refractivity contribution in [2.24, 2.45) is 5.92 Å². The number of alkyl halides is 1. The Morgan fingerprint density at radius 3 is 1.82 bits per heavy atom. The molecule has 2 aromatic carbocycles. The molecule has 0 bridgehead atoms. The molecule has 0 saturated carbocycles. The van der Waals surface area contributed by atoms with E-state index in [-0.39, 0.29) is 5.38 Å². The molecular formula is C16H17Cl. The van der Waals surface area contributed by atoms with Gasteiger partial charge in [0.15, 0.2) is 0 Å². The predicted octanol–water partition coefficient (Wildman–Crippen LogP) is 5.29. The molecule has 1 atom stereocenters. The van der Waals surface area contributed by atoms with Crippen molar-refractivity contribution in [3.63, 3.8) is 0 Å². The Balaban J connectivity index is 2.25. The van der Waals surface area contributed by atoms with E-state index in [2.05, 4.69) is 62.4 Å².